The lowest BCUT2D eigenvalue weighted by Gasteiger charge is -2.28. The second-order valence-corrected chi connectivity index (χ2v) is 4.32. The highest BCUT2D eigenvalue weighted by Crippen LogP contribution is 2.11. The van der Waals surface area contributed by atoms with Gasteiger partial charge in [0.05, 0.1) is 7.11 Å². The zero-order chi connectivity index (χ0) is 14.3. The molecule has 1 saturated heterocycles. The molecule has 19 heavy (non-hydrogen) atoms. The number of esters is 2. The lowest BCUT2D eigenvalue weighted by atomic mass is 10.1. The van der Waals surface area contributed by atoms with Crippen molar-refractivity contribution in [2.75, 3.05) is 20.2 Å². The second-order valence-electron chi connectivity index (χ2n) is 4.32. The molecule has 0 N–H and O–H groups in total. The smallest absolute Gasteiger partial charge is 0.331 e. The van der Waals surface area contributed by atoms with Gasteiger partial charge in [-0.15, -0.1) is 0 Å². The van der Waals surface area contributed by atoms with Crippen LogP contribution in [0.2, 0.25) is 0 Å². The van der Waals surface area contributed by atoms with Gasteiger partial charge in [0, 0.05) is 25.2 Å². The van der Waals surface area contributed by atoms with Gasteiger partial charge in [-0.1, -0.05) is 0 Å². The number of ether oxygens (including phenoxy) is 2. The third-order valence-electron chi connectivity index (χ3n) is 2.87. The maximum Gasteiger partial charge on any atom is 0.331 e. The van der Waals surface area contributed by atoms with Crippen LogP contribution in [0.1, 0.15) is 26.2 Å². The van der Waals surface area contributed by atoms with Gasteiger partial charge in [0.1, 0.15) is 0 Å². The Kier molecular flexibility index (Phi) is 6.05. The standard InChI is InChI=1S/C13H19NO5/c1-10(13(17)14-8-4-3-5-9-14)19-12(16)7-6-11(15)18-2/h6-7,10H,3-5,8-9H2,1-2H3/b7-6+/t10-/m0/s1. The molecule has 0 bridgehead atoms. The predicted octanol–water partition coefficient (Wildman–Crippen LogP) is 0.660. The molecule has 1 atom stereocenters. The number of rotatable bonds is 4. The normalized spacial score (nSPS) is 17.1. The van der Waals surface area contributed by atoms with Gasteiger partial charge in [0.25, 0.3) is 5.91 Å². The fourth-order valence-electron chi connectivity index (χ4n) is 1.84. The molecule has 0 unspecified atom stereocenters. The minimum Gasteiger partial charge on any atom is -0.466 e. The predicted molar refractivity (Wildman–Crippen MR) is 67.1 cm³/mol. The second kappa shape index (κ2) is 7.56. The summed E-state index contributed by atoms with van der Waals surface area (Å²) in [5.74, 6) is -1.57. The quantitative estimate of drug-likeness (QED) is 0.553. The molecule has 6 heteroatoms. The molecule has 1 fully saturated rings. The molecular formula is C13H19NO5. The van der Waals surface area contributed by atoms with E-state index in [1.807, 2.05) is 0 Å². The van der Waals surface area contributed by atoms with Crippen LogP contribution in [0.25, 0.3) is 0 Å². The summed E-state index contributed by atoms with van der Waals surface area (Å²) in [7, 11) is 1.21. The molecule has 1 amide bonds. The van der Waals surface area contributed by atoms with Crippen molar-refractivity contribution in [2.45, 2.75) is 32.3 Å². The van der Waals surface area contributed by atoms with Crippen molar-refractivity contribution >= 4 is 17.8 Å². The van der Waals surface area contributed by atoms with Crippen LogP contribution < -0.4 is 0 Å². The number of hydrogen-bond donors (Lipinski definition) is 0. The number of carbonyl (C=O) groups excluding carboxylic acids is 3. The van der Waals surface area contributed by atoms with Gasteiger partial charge in [-0.3, -0.25) is 4.79 Å². The summed E-state index contributed by atoms with van der Waals surface area (Å²) in [5.41, 5.74) is 0. The first kappa shape index (κ1) is 15.2. The van der Waals surface area contributed by atoms with Crippen LogP contribution in [-0.2, 0) is 23.9 Å². The molecule has 0 aromatic carbocycles. The number of carbonyl (C=O) groups is 3. The largest absolute Gasteiger partial charge is 0.466 e. The molecule has 0 aliphatic carbocycles. The van der Waals surface area contributed by atoms with E-state index >= 15 is 0 Å². The maximum atomic E-state index is 12.0. The van der Waals surface area contributed by atoms with E-state index in [1.54, 1.807) is 4.90 Å². The van der Waals surface area contributed by atoms with E-state index < -0.39 is 18.0 Å². The Bertz CT molecular complexity index is 371. The van der Waals surface area contributed by atoms with Gasteiger partial charge in [-0.2, -0.15) is 0 Å². The molecule has 0 radical (unpaired) electrons. The zero-order valence-electron chi connectivity index (χ0n) is 11.3. The van der Waals surface area contributed by atoms with Crippen LogP contribution in [0.15, 0.2) is 12.2 Å². The number of piperidine rings is 1. The molecule has 6 nitrogen and oxygen atoms in total. The van der Waals surface area contributed by atoms with Crippen LogP contribution in [-0.4, -0.2) is 49.0 Å². The zero-order valence-corrected chi connectivity index (χ0v) is 11.3. The molecule has 1 heterocycles. The first-order valence-electron chi connectivity index (χ1n) is 6.30. The minimum absolute atomic E-state index is 0.195. The minimum atomic E-state index is -0.840. The summed E-state index contributed by atoms with van der Waals surface area (Å²) in [5, 5.41) is 0. The third kappa shape index (κ3) is 5.11. The number of methoxy groups -OCH3 is 1. The number of nitrogens with zero attached hydrogens (tertiary/aromatic N) is 1. The maximum absolute atomic E-state index is 12.0. The molecule has 1 rings (SSSR count). The van der Waals surface area contributed by atoms with Gasteiger partial charge >= 0.3 is 11.9 Å². The Balaban J connectivity index is 2.42. The highest BCUT2D eigenvalue weighted by Gasteiger charge is 2.24. The van der Waals surface area contributed by atoms with E-state index in [0.29, 0.717) is 13.1 Å². The van der Waals surface area contributed by atoms with Crippen LogP contribution in [0, 0.1) is 0 Å². The summed E-state index contributed by atoms with van der Waals surface area (Å²) >= 11 is 0. The lowest BCUT2D eigenvalue weighted by molar-refractivity contribution is -0.155. The van der Waals surface area contributed by atoms with Crippen LogP contribution in [0.4, 0.5) is 0 Å². The number of likely N-dealkylation sites (tertiary alicyclic amines) is 1. The van der Waals surface area contributed by atoms with Crippen LogP contribution in [0.5, 0.6) is 0 Å². The Morgan fingerprint density at radius 3 is 2.21 bits per heavy atom. The number of amides is 1. The van der Waals surface area contributed by atoms with Crippen molar-refractivity contribution in [2.24, 2.45) is 0 Å². The molecular weight excluding hydrogens is 250 g/mol. The number of hydrogen-bond acceptors (Lipinski definition) is 5. The average molecular weight is 269 g/mol. The fourth-order valence-corrected chi connectivity index (χ4v) is 1.84. The monoisotopic (exact) mass is 269 g/mol. The summed E-state index contributed by atoms with van der Waals surface area (Å²) in [6, 6.07) is 0. The molecule has 0 aromatic heterocycles. The van der Waals surface area contributed by atoms with E-state index in [2.05, 4.69) is 4.74 Å². The van der Waals surface area contributed by atoms with Gasteiger partial charge in [-0.05, 0) is 26.2 Å². The topological polar surface area (TPSA) is 72.9 Å². The van der Waals surface area contributed by atoms with Crippen molar-refractivity contribution in [3.63, 3.8) is 0 Å². The first-order valence-corrected chi connectivity index (χ1v) is 6.30. The molecule has 0 saturated carbocycles. The highest BCUT2D eigenvalue weighted by molar-refractivity contribution is 5.93. The SMILES string of the molecule is COC(=O)/C=C/C(=O)O[C@@H](C)C(=O)N1CCCCC1. The van der Waals surface area contributed by atoms with Gasteiger partial charge < -0.3 is 14.4 Å². The summed E-state index contributed by atoms with van der Waals surface area (Å²) < 4.78 is 9.28. The van der Waals surface area contributed by atoms with Crippen molar-refractivity contribution in [3.8, 4) is 0 Å². The van der Waals surface area contributed by atoms with Crippen molar-refractivity contribution < 1.29 is 23.9 Å². The van der Waals surface area contributed by atoms with E-state index in [1.165, 1.54) is 14.0 Å². The Morgan fingerprint density at radius 2 is 1.63 bits per heavy atom. The van der Waals surface area contributed by atoms with Gasteiger partial charge in [0.2, 0.25) is 0 Å². The fraction of sp³-hybridized carbons (Fsp3) is 0.615. The Hall–Kier alpha value is -1.85. The molecule has 1 aliphatic heterocycles. The molecule has 0 spiro atoms. The Morgan fingerprint density at radius 1 is 1.05 bits per heavy atom. The van der Waals surface area contributed by atoms with E-state index in [0.717, 1.165) is 31.4 Å². The average Bonchev–Trinajstić information content (AvgIpc) is 2.44. The van der Waals surface area contributed by atoms with Crippen molar-refractivity contribution in [1.82, 2.24) is 4.90 Å². The Labute approximate surface area is 112 Å². The van der Waals surface area contributed by atoms with Crippen LogP contribution >= 0.6 is 0 Å². The summed E-state index contributed by atoms with van der Waals surface area (Å²) in [6.45, 7) is 2.94. The van der Waals surface area contributed by atoms with Gasteiger partial charge in [0.15, 0.2) is 6.10 Å². The lowest BCUT2D eigenvalue weighted by Crippen LogP contribution is -2.42. The van der Waals surface area contributed by atoms with Crippen molar-refractivity contribution in [1.29, 1.82) is 0 Å². The summed E-state index contributed by atoms with van der Waals surface area (Å²) in [4.78, 5) is 35.8. The first-order chi connectivity index (χ1) is 9.04. The third-order valence-corrected chi connectivity index (χ3v) is 2.87. The molecule has 0 aromatic rings. The van der Waals surface area contributed by atoms with Crippen LogP contribution in [0.3, 0.4) is 0 Å². The van der Waals surface area contributed by atoms with E-state index in [-0.39, 0.29) is 5.91 Å². The van der Waals surface area contributed by atoms with E-state index in [9.17, 15) is 14.4 Å². The molecule has 106 valence electrons. The highest BCUT2D eigenvalue weighted by atomic mass is 16.5. The van der Waals surface area contributed by atoms with Crippen molar-refractivity contribution in [3.05, 3.63) is 12.2 Å². The summed E-state index contributed by atoms with van der Waals surface area (Å²) in [6.07, 6.45) is 4.16. The van der Waals surface area contributed by atoms with E-state index in [4.69, 9.17) is 4.74 Å². The molecule has 1 aliphatic rings. The van der Waals surface area contributed by atoms with Gasteiger partial charge in [-0.25, -0.2) is 9.59 Å².